The summed E-state index contributed by atoms with van der Waals surface area (Å²) >= 11 is 6.04. The van der Waals surface area contributed by atoms with Crippen LogP contribution in [0.1, 0.15) is 19.3 Å². The fraction of sp³-hybridized carbons (Fsp3) is 0.533. The van der Waals surface area contributed by atoms with Gasteiger partial charge in [0, 0.05) is 19.1 Å². The van der Waals surface area contributed by atoms with Gasteiger partial charge in [0.1, 0.15) is 0 Å². The summed E-state index contributed by atoms with van der Waals surface area (Å²) in [4.78, 5) is 16.5. The smallest absolute Gasteiger partial charge is 0.321 e. The third-order valence-corrected chi connectivity index (χ3v) is 4.50. The minimum Gasteiger partial charge on any atom is -0.321 e. The van der Waals surface area contributed by atoms with E-state index in [2.05, 4.69) is 10.2 Å². The number of rotatable bonds is 2. The van der Waals surface area contributed by atoms with E-state index in [9.17, 15) is 4.79 Å². The van der Waals surface area contributed by atoms with Crippen molar-refractivity contribution in [1.29, 1.82) is 0 Å². The Morgan fingerprint density at radius 1 is 1.15 bits per heavy atom. The van der Waals surface area contributed by atoms with Crippen LogP contribution in [-0.2, 0) is 0 Å². The van der Waals surface area contributed by atoms with Crippen LogP contribution < -0.4 is 5.32 Å². The van der Waals surface area contributed by atoms with Crippen LogP contribution >= 0.6 is 11.6 Å². The number of hydrogen-bond acceptors (Lipinski definition) is 2. The van der Waals surface area contributed by atoms with Crippen LogP contribution in [0.15, 0.2) is 24.3 Å². The molecule has 2 aliphatic rings. The van der Waals surface area contributed by atoms with Crippen molar-refractivity contribution in [3.63, 3.8) is 0 Å². The second kappa shape index (κ2) is 6.02. The number of halogens is 1. The van der Waals surface area contributed by atoms with Crippen molar-refractivity contribution in [2.75, 3.05) is 31.5 Å². The summed E-state index contributed by atoms with van der Waals surface area (Å²) in [6, 6.07) is 7.83. The normalized spacial score (nSPS) is 20.6. The first-order valence-electron chi connectivity index (χ1n) is 7.28. The second-order valence-electron chi connectivity index (χ2n) is 5.57. The summed E-state index contributed by atoms with van der Waals surface area (Å²) in [5.41, 5.74) is 0.681. The summed E-state index contributed by atoms with van der Waals surface area (Å²) in [6.45, 7) is 4.03. The number of hydrogen-bond donors (Lipinski definition) is 1. The maximum Gasteiger partial charge on any atom is 0.321 e. The zero-order valence-corrected chi connectivity index (χ0v) is 12.3. The molecule has 5 heteroatoms. The van der Waals surface area contributed by atoms with Gasteiger partial charge < -0.3 is 10.2 Å². The monoisotopic (exact) mass is 293 g/mol. The van der Waals surface area contributed by atoms with E-state index >= 15 is 0 Å². The molecule has 0 aliphatic carbocycles. The molecule has 0 unspecified atom stereocenters. The Kier molecular flexibility index (Phi) is 4.13. The first-order valence-corrected chi connectivity index (χ1v) is 7.66. The Hall–Kier alpha value is -1.26. The number of likely N-dealkylation sites (tertiary alicyclic amines) is 2. The van der Waals surface area contributed by atoms with E-state index in [4.69, 9.17) is 11.6 Å². The minimum absolute atomic E-state index is 0.0497. The number of amides is 2. The van der Waals surface area contributed by atoms with Gasteiger partial charge in [-0.05, 0) is 38.1 Å². The molecule has 2 aliphatic heterocycles. The van der Waals surface area contributed by atoms with Crippen LogP contribution in [0.25, 0.3) is 0 Å². The third kappa shape index (κ3) is 2.91. The molecule has 108 valence electrons. The lowest BCUT2D eigenvalue weighted by atomic mass is 10.0. The summed E-state index contributed by atoms with van der Waals surface area (Å²) in [5, 5.41) is 3.45. The van der Waals surface area contributed by atoms with E-state index in [-0.39, 0.29) is 6.03 Å². The number of anilines is 1. The van der Waals surface area contributed by atoms with Gasteiger partial charge in [-0.1, -0.05) is 30.2 Å². The number of carbonyl (C=O) groups excluding carboxylic acids is 1. The molecule has 1 aromatic carbocycles. The van der Waals surface area contributed by atoms with Crippen LogP contribution in [0.4, 0.5) is 10.5 Å². The average Bonchev–Trinajstić information content (AvgIpc) is 2.41. The van der Waals surface area contributed by atoms with Crippen molar-refractivity contribution >= 4 is 23.3 Å². The predicted octanol–water partition coefficient (Wildman–Crippen LogP) is 3.04. The maximum atomic E-state index is 12.1. The zero-order valence-electron chi connectivity index (χ0n) is 11.5. The highest BCUT2D eigenvalue weighted by Gasteiger charge is 2.35. The summed E-state index contributed by atoms with van der Waals surface area (Å²) in [7, 11) is 0. The zero-order chi connectivity index (χ0) is 13.9. The molecule has 0 aromatic heterocycles. The number of para-hydroxylation sites is 1. The lowest BCUT2D eigenvalue weighted by molar-refractivity contribution is 0.0493. The number of carbonyl (C=O) groups is 1. The Labute approximate surface area is 124 Å². The van der Waals surface area contributed by atoms with Gasteiger partial charge >= 0.3 is 6.03 Å². The molecule has 3 rings (SSSR count). The fourth-order valence-corrected chi connectivity index (χ4v) is 3.08. The Balaban J connectivity index is 1.49. The first kappa shape index (κ1) is 13.7. The number of piperidine rings is 1. The largest absolute Gasteiger partial charge is 0.321 e. The summed E-state index contributed by atoms with van der Waals surface area (Å²) in [6.07, 6.45) is 3.94. The Morgan fingerprint density at radius 2 is 1.85 bits per heavy atom. The number of benzene rings is 1. The number of nitrogens with one attached hydrogen (secondary N) is 1. The molecule has 0 bridgehead atoms. The molecule has 20 heavy (non-hydrogen) atoms. The van der Waals surface area contributed by atoms with Gasteiger partial charge in [-0.25, -0.2) is 4.79 Å². The van der Waals surface area contributed by atoms with Crippen LogP contribution in [-0.4, -0.2) is 48.1 Å². The van der Waals surface area contributed by atoms with E-state index in [0.717, 1.165) is 13.1 Å². The Bertz CT molecular complexity index is 482. The van der Waals surface area contributed by atoms with Crippen LogP contribution in [0.3, 0.4) is 0 Å². The Morgan fingerprint density at radius 3 is 2.55 bits per heavy atom. The summed E-state index contributed by atoms with van der Waals surface area (Å²) < 4.78 is 0. The van der Waals surface area contributed by atoms with Gasteiger partial charge in [-0.2, -0.15) is 0 Å². The average molecular weight is 294 g/mol. The first-order chi connectivity index (χ1) is 9.74. The minimum atomic E-state index is -0.0497. The maximum absolute atomic E-state index is 12.1. The molecule has 2 heterocycles. The van der Waals surface area contributed by atoms with Crippen molar-refractivity contribution in [2.45, 2.75) is 25.3 Å². The molecule has 2 saturated heterocycles. The fourth-order valence-electron chi connectivity index (χ4n) is 2.89. The van der Waals surface area contributed by atoms with Gasteiger partial charge in [-0.3, -0.25) is 4.90 Å². The lowest BCUT2D eigenvalue weighted by Crippen LogP contribution is -2.62. The lowest BCUT2D eigenvalue weighted by Gasteiger charge is -2.46. The molecular formula is C15H20ClN3O. The topological polar surface area (TPSA) is 35.6 Å². The van der Waals surface area contributed by atoms with Crippen molar-refractivity contribution in [3.8, 4) is 0 Å². The molecule has 2 amide bonds. The van der Waals surface area contributed by atoms with Gasteiger partial charge in [0.15, 0.2) is 0 Å². The van der Waals surface area contributed by atoms with Crippen molar-refractivity contribution < 1.29 is 4.79 Å². The summed E-state index contributed by atoms with van der Waals surface area (Å²) in [5.74, 6) is 0. The highest BCUT2D eigenvalue weighted by Crippen LogP contribution is 2.23. The van der Waals surface area contributed by atoms with Gasteiger partial charge in [-0.15, -0.1) is 0 Å². The number of nitrogens with zero attached hydrogens (tertiary/aromatic N) is 2. The van der Waals surface area contributed by atoms with Crippen LogP contribution in [0.2, 0.25) is 5.02 Å². The molecule has 0 saturated carbocycles. The molecule has 2 fully saturated rings. The molecule has 1 aromatic rings. The van der Waals surface area contributed by atoms with E-state index < -0.39 is 0 Å². The van der Waals surface area contributed by atoms with E-state index in [1.165, 1.54) is 32.4 Å². The predicted molar refractivity (Wildman–Crippen MR) is 81.3 cm³/mol. The highest BCUT2D eigenvalue weighted by atomic mass is 35.5. The highest BCUT2D eigenvalue weighted by molar-refractivity contribution is 6.33. The number of urea groups is 1. The van der Waals surface area contributed by atoms with Crippen molar-refractivity contribution in [1.82, 2.24) is 9.80 Å². The SMILES string of the molecule is O=C(Nc1ccccc1Cl)N1CC(N2CCCCC2)C1. The van der Waals surface area contributed by atoms with Crippen molar-refractivity contribution in [3.05, 3.63) is 29.3 Å². The third-order valence-electron chi connectivity index (χ3n) is 4.17. The standard InChI is InChI=1S/C15H20ClN3O/c16-13-6-2-3-7-14(13)17-15(20)19-10-12(11-19)18-8-4-1-5-9-18/h2-3,6-7,12H,1,4-5,8-11H2,(H,17,20). The van der Waals surface area contributed by atoms with E-state index in [0.29, 0.717) is 16.8 Å². The molecule has 0 spiro atoms. The molecule has 4 nitrogen and oxygen atoms in total. The van der Waals surface area contributed by atoms with Crippen molar-refractivity contribution in [2.24, 2.45) is 0 Å². The van der Waals surface area contributed by atoms with Gasteiger partial charge in [0.05, 0.1) is 10.7 Å². The molecule has 0 atom stereocenters. The van der Waals surface area contributed by atoms with Gasteiger partial charge in [0.2, 0.25) is 0 Å². The molecular weight excluding hydrogens is 274 g/mol. The quantitative estimate of drug-likeness (QED) is 0.910. The van der Waals surface area contributed by atoms with Gasteiger partial charge in [0.25, 0.3) is 0 Å². The van der Waals surface area contributed by atoms with E-state index in [1.54, 1.807) is 6.07 Å². The van der Waals surface area contributed by atoms with Crippen LogP contribution in [0.5, 0.6) is 0 Å². The van der Waals surface area contributed by atoms with E-state index in [1.807, 2.05) is 23.1 Å². The molecule has 1 N–H and O–H groups in total. The van der Waals surface area contributed by atoms with Crippen LogP contribution in [0, 0.1) is 0 Å². The second-order valence-corrected chi connectivity index (χ2v) is 5.97. The molecule has 0 radical (unpaired) electrons.